The molecule has 0 aliphatic carbocycles. The second kappa shape index (κ2) is 7.40. The van der Waals surface area contributed by atoms with E-state index in [2.05, 4.69) is 10.6 Å². The summed E-state index contributed by atoms with van der Waals surface area (Å²) in [6.07, 6.45) is 0.836. The lowest BCUT2D eigenvalue weighted by Crippen LogP contribution is -2.41. The predicted molar refractivity (Wildman–Crippen MR) is 89.7 cm³/mol. The fourth-order valence-corrected chi connectivity index (χ4v) is 1.89. The molecule has 22 heavy (non-hydrogen) atoms. The monoisotopic (exact) mass is 305 g/mol. The zero-order chi connectivity index (χ0) is 16.9. The van der Waals surface area contributed by atoms with Gasteiger partial charge in [-0.25, -0.2) is 0 Å². The molecule has 2 unspecified atom stereocenters. The normalized spacial score (nSPS) is 14.1. The third kappa shape index (κ3) is 5.48. The predicted octanol–water partition coefficient (Wildman–Crippen LogP) is 2.53. The van der Waals surface area contributed by atoms with Crippen molar-refractivity contribution in [2.45, 2.75) is 52.6 Å². The van der Waals surface area contributed by atoms with Gasteiger partial charge in [0.2, 0.25) is 5.91 Å². The largest absolute Gasteiger partial charge is 0.347 e. The van der Waals surface area contributed by atoms with Crippen molar-refractivity contribution in [2.24, 2.45) is 11.7 Å². The Morgan fingerprint density at radius 1 is 1.27 bits per heavy atom. The van der Waals surface area contributed by atoms with Gasteiger partial charge < -0.3 is 16.4 Å². The Hall–Kier alpha value is -1.88. The molecule has 0 aromatic heterocycles. The van der Waals surface area contributed by atoms with Crippen LogP contribution >= 0.6 is 0 Å². The first kappa shape index (κ1) is 18.2. The molecule has 1 rings (SSSR count). The first-order valence-corrected chi connectivity index (χ1v) is 7.63. The second-order valence-electron chi connectivity index (χ2n) is 6.69. The van der Waals surface area contributed by atoms with E-state index in [1.807, 2.05) is 34.6 Å². The minimum Gasteiger partial charge on any atom is -0.347 e. The smallest absolute Gasteiger partial charge is 0.251 e. The molecule has 2 amide bonds. The van der Waals surface area contributed by atoms with Crippen LogP contribution in [0.25, 0.3) is 0 Å². The number of nitrogens with two attached hydrogens (primary N) is 1. The second-order valence-corrected chi connectivity index (χ2v) is 6.69. The van der Waals surface area contributed by atoms with Crippen LogP contribution in [0.15, 0.2) is 24.3 Å². The van der Waals surface area contributed by atoms with Crippen LogP contribution in [0.3, 0.4) is 0 Å². The minimum atomic E-state index is -0.558. The van der Waals surface area contributed by atoms with Gasteiger partial charge >= 0.3 is 0 Å². The molecule has 0 fully saturated rings. The molecule has 0 saturated heterocycles. The van der Waals surface area contributed by atoms with Crippen molar-refractivity contribution in [3.05, 3.63) is 29.8 Å². The van der Waals surface area contributed by atoms with E-state index < -0.39 is 6.04 Å². The van der Waals surface area contributed by atoms with Crippen LogP contribution in [0.1, 0.15) is 51.4 Å². The van der Waals surface area contributed by atoms with E-state index in [4.69, 9.17) is 5.73 Å². The van der Waals surface area contributed by atoms with E-state index in [-0.39, 0.29) is 23.3 Å². The highest BCUT2D eigenvalue weighted by atomic mass is 16.2. The van der Waals surface area contributed by atoms with Gasteiger partial charge in [-0.15, -0.1) is 0 Å². The third-order valence-corrected chi connectivity index (χ3v) is 3.44. The molecular weight excluding hydrogens is 278 g/mol. The highest BCUT2D eigenvalue weighted by Gasteiger charge is 2.20. The van der Waals surface area contributed by atoms with Crippen molar-refractivity contribution in [3.8, 4) is 0 Å². The van der Waals surface area contributed by atoms with Crippen LogP contribution in [0, 0.1) is 5.92 Å². The zero-order valence-electron chi connectivity index (χ0n) is 14.1. The van der Waals surface area contributed by atoms with Gasteiger partial charge in [0.1, 0.15) is 0 Å². The summed E-state index contributed by atoms with van der Waals surface area (Å²) in [5.74, 6) is -0.301. The summed E-state index contributed by atoms with van der Waals surface area (Å²) >= 11 is 0. The number of anilines is 1. The first-order chi connectivity index (χ1) is 10.1. The molecule has 2 atom stereocenters. The van der Waals surface area contributed by atoms with Crippen molar-refractivity contribution in [1.29, 1.82) is 0 Å². The van der Waals surface area contributed by atoms with Crippen LogP contribution < -0.4 is 16.4 Å². The van der Waals surface area contributed by atoms with Crippen LogP contribution in [0.2, 0.25) is 0 Å². The average Bonchev–Trinajstić information content (AvgIpc) is 2.44. The first-order valence-electron chi connectivity index (χ1n) is 7.63. The Kier molecular flexibility index (Phi) is 6.11. The number of hydrogen-bond acceptors (Lipinski definition) is 3. The minimum absolute atomic E-state index is 0.104. The number of benzene rings is 1. The van der Waals surface area contributed by atoms with Gasteiger partial charge in [0.15, 0.2) is 0 Å². The summed E-state index contributed by atoms with van der Waals surface area (Å²) in [5, 5.41) is 5.66. The lowest BCUT2D eigenvalue weighted by Gasteiger charge is -2.21. The average molecular weight is 305 g/mol. The maximum absolute atomic E-state index is 12.1. The summed E-state index contributed by atoms with van der Waals surface area (Å²) < 4.78 is 0. The van der Waals surface area contributed by atoms with Gasteiger partial charge in [0.05, 0.1) is 6.04 Å². The molecule has 0 saturated carbocycles. The Morgan fingerprint density at radius 2 is 1.91 bits per heavy atom. The highest BCUT2D eigenvalue weighted by molar-refractivity contribution is 5.98. The molecule has 1 aromatic carbocycles. The van der Waals surface area contributed by atoms with Gasteiger partial charge in [-0.2, -0.15) is 0 Å². The maximum atomic E-state index is 12.1. The molecular formula is C17H27N3O2. The van der Waals surface area contributed by atoms with E-state index >= 15 is 0 Å². The highest BCUT2D eigenvalue weighted by Crippen LogP contribution is 2.14. The number of carbonyl (C=O) groups is 2. The topological polar surface area (TPSA) is 84.2 Å². The molecule has 0 spiro atoms. The summed E-state index contributed by atoms with van der Waals surface area (Å²) in [6.45, 7) is 9.69. The van der Waals surface area contributed by atoms with E-state index in [0.29, 0.717) is 11.3 Å². The van der Waals surface area contributed by atoms with Crippen LogP contribution in [0.5, 0.6) is 0 Å². The van der Waals surface area contributed by atoms with Gasteiger partial charge in [0.25, 0.3) is 5.91 Å². The lowest BCUT2D eigenvalue weighted by atomic mass is 9.99. The zero-order valence-corrected chi connectivity index (χ0v) is 14.1. The van der Waals surface area contributed by atoms with Gasteiger partial charge in [0, 0.05) is 16.8 Å². The fraction of sp³-hybridized carbons (Fsp3) is 0.529. The summed E-state index contributed by atoms with van der Waals surface area (Å²) in [7, 11) is 0. The summed E-state index contributed by atoms with van der Waals surface area (Å²) in [5.41, 5.74) is 6.68. The van der Waals surface area contributed by atoms with Crippen molar-refractivity contribution in [3.63, 3.8) is 0 Å². The molecule has 5 nitrogen and oxygen atoms in total. The number of rotatable bonds is 5. The lowest BCUT2D eigenvalue weighted by molar-refractivity contribution is -0.118. The van der Waals surface area contributed by atoms with Crippen LogP contribution in [-0.4, -0.2) is 23.4 Å². The van der Waals surface area contributed by atoms with Gasteiger partial charge in [-0.3, -0.25) is 9.59 Å². The van der Waals surface area contributed by atoms with Crippen molar-refractivity contribution in [2.75, 3.05) is 5.32 Å². The molecule has 0 radical (unpaired) electrons. The van der Waals surface area contributed by atoms with Gasteiger partial charge in [-0.1, -0.05) is 26.3 Å². The Morgan fingerprint density at radius 3 is 2.45 bits per heavy atom. The summed E-state index contributed by atoms with van der Waals surface area (Å²) in [6, 6.07) is 6.29. The van der Waals surface area contributed by atoms with Crippen LogP contribution in [0.4, 0.5) is 5.69 Å². The van der Waals surface area contributed by atoms with E-state index in [1.165, 1.54) is 0 Å². The Balaban J connectivity index is 2.80. The number of carbonyl (C=O) groups excluding carboxylic acids is 2. The van der Waals surface area contributed by atoms with Gasteiger partial charge in [-0.05, 0) is 44.9 Å². The van der Waals surface area contributed by atoms with E-state index in [1.54, 1.807) is 24.3 Å². The van der Waals surface area contributed by atoms with Crippen molar-refractivity contribution >= 4 is 17.5 Å². The van der Waals surface area contributed by atoms with Crippen molar-refractivity contribution in [1.82, 2.24) is 5.32 Å². The Bertz CT molecular complexity index is 535. The molecule has 0 aliphatic heterocycles. The fourth-order valence-electron chi connectivity index (χ4n) is 1.89. The number of hydrogen-bond donors (Lipinski definition) is 3. The molecule has 0 bridgehead atoms. The van der Waals surface area contributed by atoms with E-state index in [9.17, 15) is 9.59 Å². The summed E-state index contributed by atoms with van der Waals surface area (Å²) in [4.78, 5) is 24.2. The number of amides is 2. The number of nitrogens with one attached hydrogen (secondary N) is 2. The SMILES string of the molecule is CCC(C)C(N)C(=O)Nc1cccc(C(=O)NC(C)(C)C)c1. The standard InChI is InChI=1S/C17H27N3O2/c1-6-11(2)14(18)16(22)19-13-9-7-8-12(10-13)15(21)20-17(3,4)5/h7-11,14H,6,18H2,1-5H3,(H,19,22)(H,20,21). The molecule has 1 aromatic rings. The molecule has 0 aliphatic rings. The molecule has 122 valence electrons. The molecule has 5 heteroatoms. The van der Waals surface area contributed by atoms with Crippen LogP contribution in [-0.2, 0) is 4.79 Å². The van der Waals surface area contributed by atoms with Crippen molar-refractivity contribution < 1.29 is 9.59 Å². The quantitative estimate of drug-likeness (QED) is 0.781. The maximum Gasteiger partial charge on any atom is 0.251 e. The molecule has 0 heterocycles. The molecule has 4 N–H and O–H groups in total. The van der Waals surface area contributed by atoms with E-state index in [0.717, 1.165) is 6.42 Å². The Labute approximate surface area is 132 Å². The third-order valence-electron chi connectivity index (χ3n) is 3.44.